The van der Waals surface area contributed by atoms with E-state index in [2.05, 4.69) is 69.3 Å². The summed E-state index contributed by atoms with van der Waals surface area (Å²) in [4.78, 5) is 0. The van der Waals surface area contributed by atoms with Crippen LogP contribution in [0.5, 0.6) is 0 Å². The second-order valence-electron chi connectivity index (χ2n) is 6.86. The highest BCUT2D eigenvalue weighted by Gasteiger charge is 2.17. The fourth-order valence-electron chi connectivity index (χ4n) is 2.78. The lowest BCUT2D eigenvalue weighted by Crippen LogP contribution is -2.11. The highest BCUT2D eigenvalue weighted by molar-refractivity contribution is 6.33. The van der Waals surface area contributed by atoms with Gasteiger partial charge in [-0.15, -0.1) is 0 Å². The van der Waals surface area contributed by atoms with Crippen molar-refractivity contribution in [3.63, 3.8) is 0 Å². The molecular weight excluding hydrogens is 300 g/mol. The molecule has 0 amide bonds. The van der Waals surface area contributed by atoms with Crippen molar-refractivity contribution in [3.05, 3.63) is 83.4 Å². The second-order valence-corrected chi connectivity index (χ2v) is 7.26. The van der Waals surface area contributed by atoms with Gasteiger partial charge in [0.25, 0.3) is 0 Å². The summed E-state index contributed by atoms with van der Waals surface area (Å²) in [6, 6.07) is 25.3. The Morgan fingerprint density at radius 2 is 1.30 bits per heavy atom. The fraction of sp³-hybridized carbons (Fsp3) is 0.182. The SMILES string of the molecule is CC(C)(C)c1ccc(-c2ccccc2Cl)c(-c2ccccc2)c1. The third kappa shape index (κ3) is 3.33. The molecule has 0 N–H and O–H groups in total. The molecule has 0 nitrogen and oxygen atoms in total. The molecule has 0 aliphatic rings. The first kappa shape index (κ1) is 15.8. The molecule has 0 bridgehead atoms. The van der Waals surface area contributed by atoms with Crippen LogP contribution >= 0.6 is 11.6 Å². The van der Waals surface area contributed by atoms with E-state index in [9.17, 15) is 0 Å². The highest BCUT2D eigenvalue weighted by atomic mass is 35.5. The topological polar surface area (TPSA) is 0 Å². The average Bonchev–Trinajstić information content (AvgIpc) is 2.55. The van der Waals surface area contributed by atoms with Crippen LogP contribution in [0.1, 0.15) is 26.3 Å². The van der Waals surface area contributed by atoms with Gasteiger partial charge in [0.1, 0.15) is 0 Å². The average molecular weight is 321 g/mol. The maximum Gasteiger partial charge on any atom is 0.0484 e. The normalized spacial score (nSPS) is 11.5. The van der Waals surface area contributed by atoms with Gasteiger partial charge in [0, 0.05) is 10.6 Å². The van der Waals surface area contributed by atoms with Gasteiger partial charge in [-0.1, -0.05) is 99.1 Å². The van der Waals surface area contributed by atoms with Crippen LogP contribution in [0.3, 0.4) is 0 Å². The first-order valence-corrected chi connectivity index (χ1v) is 8.29. The number of halogens is 1. The summed E-state index contributed by atoms with van der Waals surface area (Å²) < 4.78 is 0. The van der Waals surface area contributed by atoms with Gasteiger partial charge in [0.15, 0.2) is 0 Å². The van der Waals surface area contributed by atoms with Crippen molar-refractivity contribution in [3.8, 4) is 22.3 Å². The molecule has 0 atom stereocenters. The van der Waals surface area contributed by atoms with Crippen molar-refractivity contribution >= 4 is 11.6 Å². The summed E-state index contributed by atoms with van der Waals surface area (Å²) in [5.74, 6) is 0. The molecule has 0 aliphatic carbocycles. The third-order valence-electron chi connectivity index (χ3n) is 4.13. The van der Waals surface area contributed by atoms with E-state index in [0.29, 0.717) is 0 Å². The molecule has 0 fully saturated rings. The molecule has 1 heteroatoms. The molecular formula is C22H21Cl. The monoisotopic (exact) mass is 320 g/mol. The molecule has 0 aromatic heterocycles. The Labute approximate surface area is 143 Å². The smallest absolute Gasteiger partial charge is 0.0484 e. The number of benzene rings is 3. The largest absolute Gasteiger partial charge is 0.0837 e. The van der Waals surface area contributed by atoms with Crippen LogP contribution in [0.15, 0.2) is 72.8 Å². The second kappa shape index (κ2) is 6.22. The van der Waals surface area contributed by atoms with Crippen molar-refractivity contribution in [2.45, 2.75) is 26.2 Å². The maximum atomic E-state index is 6.45. The van der Waals surface area contributed by atoms with Gasteiger partial charge in [-0.05, 0) is 33.7 Å². The van der Waals surface area contributed by atoms with Gasteiger partial charge in [-0.3, -0.25) is 0 Å². The van der Waals surface area contributed by atoms with Crippen molar-refractivity contribution in [1.82, 2.24) is 0 Å². The van der Waals surface area contributed by atoms with Gasteiger partial charge in [0.2, 0.25) is 0 Å². The molecule has 0 aliphatic heterocycles. The van der Waals surface area contributed by atoms with Crippen molar-refractivity contribution < 1.29 is 0 Å². The van der Waals surface area contributed by atoms with E-state index < -0.39 is 0 Å². The zero-order valence-corrected chi connectivity index (χ0v) is 14.6. The Morgan fingerprint density at radius 3 is 1.96 bits per heavy atom. The predicted molar refractivity (Wildman–Crippen MR) is 101 cm³/mol. The van der Waals surface area contributed by atoms with Gasteiger partial charge >= 0.3 is 0 Å². The minimum absolute atomic E-state index is 0.114. The molecule has 0 radical (unpaired) electrons. The molecule has 0 heterocycles. The predicted octanol–water partition coefficient (Wildman–Crippen LogP) is 6.97. The Bertz CT molecular complexity index is 811. The van der Waals surface area contributed by atoms with Gasteiger partial charge in [-0.25, -0.2) is 0 Å². The minimum atomic E-state index is 0.114. The Kier molecular flexibility index (Phi) is 4.28. The Morgan fingerprint density at radius 1 is 0.652 bits per heavy atom. The number of hydrogen-bond donors (Lipinski definition) is 0. The van der Waals surface area contributed by atoms with E-state index in [1.807, 2.05) is 24.3 Å². The standard InChI is InChI=1S/C22H21Cl/c1-22(2,3)17-13-14-18(19-11-7-8-12-21(19)23)20(15-17)16-9-5-4-6-10-16/h4-15H,1-3H3. The summed E-state index contributed by atoms with van der Waals surface area (Å²) >= 11 is 6.45. The Balaban J connectivity index is 2.26. The molecule has 23 heavy (non-hydrogen) atoms. The van der Waals surface area contributed by atoms with Gasteiger partial charge in [0.05, 0.1) is 0 Å². The highest BCUT2D eigenvalue weighted by Crippen LogP contribution is 2.38. The lowest BCUT2D eigenvalue weighted by atomic mass is 9.83. The number of hydrogen-bond acceptors (Lipinski definition) is 0. The van der Waals surface area contributed by atoms with Crippen molar-refractivity contribution in [2.24, 2.45) is 0 Å². The van der Waals surface area contributed by atoms with E-state index in [0.717, 1.165) is 10.6 Å². The fourth-order valence-corrected chi connectivity index (χ4v) is 3.02. The molecule has 0 saturated heterocycles. The summed E-state index contributed by atoms with van der Waals surface area (Å²) in [5.41, 5.74) is 6.14. The first-order chi connectivity index (χ1) is 11.0. The van der Waals surface area contributed by atoms with E-state index in [4.69, 9.17) is 11.6 Å². The Hall–Kier alpha value is -2.05. The van der Waals surface area contributed by atoms with Crippen LogP contribution < -0.4 is 0 Å². The maximum absolute atomic E-state index is 6.45. The summed E-state index contributed by atoms with van der Waals surface area (Å²) in [6.07, 6.45) is 0. The third-order valence-corrected chi connectivity index (χ3v) is 4.46. The van der Waals surface area contributed by atoms with Gasteiger partial charge in [-0.2, -0.15) is 0 Å². The van der Waals surface area contributed by atoms with Crippen LogP contribution in [-0.2, 0) is 5.41 Å². The van der Waals surface area contributed by atoms with Crippen LogP contribution in [0, 0.1) is 0 Å². The summed E-state index contributed by atoms with van der Waals surface area (Å²) in [5, 5.41) is 0.785. The van der Waals surface area contributed by atoms with Crippen LogP contribution in [0.25, 0.3) is 22.3 Å². The lowest BCUT2D eigenvalue weighted by Gasteiger charge is -2.22. The molecule has 3 rings (SSSR count). The van der Waals surface area contributed by atoms with Crippen LogP contribution in [0.4, 0.5) is 0 Å². The van der Waals surface area contributed by atoms with E-state index in [1.165, 1.54) is 22.3 Å². The zero-order valence-electron chi connectivity index (χ0n) is 13.8. The molecule has 0 saturated carbocycles. The molecule has 116 valence electrons. The zero-order chi connectivity index (χ0) is 16.4. The van der Waals surface area contributed by atoms with Crippen LogP contribution in [0.2, 0.25) is 5.02 Å². The number of rotatable bonds is 2. The van der Waals surface area contributed by atoms with E-state index in [1.54, 1.807) is 0 Å². The lowest BCUT2D eigenvalue weighted by molar-refractivity contribution is 0.590. The molecule has 3 aromatic rings. The van der Waals surface area contributed by atoms with Gasteiger partial charge < -0.3 is 0 Å². The first-order valence-electron chi connectivity index (χ1n) is 7.92. The summed E-state index contributed by atoms with van der Waals surface area (Å²) in [6.45, 7) is 6.73. The molecule has 0 unspecified atom stereocenters. The van der Waals surface area contributed by atoms with Crippen molar-refractivity contribution in [2.75, 3.05) is 0 Å². The minimum Gasteiger partial charge on any atom is -0.0837 e. The quantitative estimate of drug-likeness (QED) is 0.478. The van der Waals surface area contributed by atoms with Crippen molar-refractivity contribution in [1.29, 1.82) is 0 Å². The van der Waals surface area contributed by atoms with E-state index >= 15 is 0 Å². The molecule has 3 aromatic carbocycles. The van der Waals surface area contributed by atoms with E-state index in [-0.39, 0.29) is 5.41 Å². The van der Waals surface area contributed by atoms with Crippen LogP contribution in [-0.4, -0.2) is 0 Å². The summed E-state index contributed by atoms with van der Waals surface area (Å²) in [7, 11) is 0. The molecule has 0 spiro atoms.